The van der Waals surface area contributed by atoms with Crippen LogP contribution in [0.15, 0.2) is 6.07 Å². The Kier molecular flexibility index (Phi) is 3.98. The lowest BCUT2D eigenvalue weighted by Crippen LogP contribution is -2.45. The first-order valence-corrected chi connectivity index (χ1v) is 9.24. The van der Waals surface area contributed by atoms with Gasteiger partial charge in [-0.05, 0) is 19.8 Å². The van der Waals surface area contributed by atoms with Crippen LogP contribution in [0.2, 0.25) is 0 Å². The fourth-order valence-electron chi connectivity index (χ4n) is 3.12. The van der Waals surface area contributed by atoms with Gasteiger partial charge in [0, 0.05) is 24.7 Å². The van der Waals surface area contributed by atoms with E-state index in [0.717, 1.165) is 11.8 Å². The molecule has 0 N–H and O–H groups in total. The molecule has 2 aliphatic heterocycles. The molecule has 0 saturated carbocycles. The van der Waals surface area contributed by atoms with Crippen molar-refractivity contribution in [2.45, 2.75) is 25.8 Å². The molecule has 1 fully saturated rings. The highest BCUT2D eigenvalue weighted by Crippen LogP contribution is 2.36. The fraction of sp³-hybridized carbons (Fsp3) is 0.643. The molecular weight excluding hydrogens is 309 g/mol. The van der Waals surface area contributed by atoms with Crippen LogP contribution in [0.1, 0.15) is 18.9 Å². The van der Waals surface area contributed by atoms with Crippen LogP contribution in [0.3, 0.4) is 0 Å². The van der Waals surface area contributed by atoms with E-state index >= 15 is 0 Å². The molecule has 122 valence electrons. The molecule has 0 amide bonds. The molecule has 0 bridgehead atoms. The Bertz CT molecular complexity index is 680. The molecule has 8 heteroatoms. The van der Waals surface area contributed by atoms with Gasteiger partial charge in [-0.3, -0.25) is 4.31 Å². The summed E-state index contributed by atoms with van der Waals surface area (Å²) in [6.45, 7) is 4.13. The van der Waals surface area contributed by atoms with Gasteiger partial charge in [0.2, 0.25) is 16.0 Å². The third-order valence-corrected chi connectivity index (χ3v) is 5.32. The van der Waals surface area contributed by atoms with Crippen LogP contribution >= 0.6 is 0 Å². The summed E-state index contributed by atoms with van der Waals surface area (Å²) in [6, 6.07) is 1.31. The van der Waals surface area contributed by atoms with Crippen molar-refractivity contribution in [1.82, 2.24) is 4.98 Å². The molecule has 3 rings (SSSR count). The van der Waals surface area contributed by atoms with E-state index in [2.05, 4.69) is 4.98 Å². The van der Waals surface area contributed by atoms with Crippen molar-refractivity contribution in [2.75, 3.05) is 41.8 Å². The van der Waals surface area contributed by atoms with Crippen molar-refractivity contribution in [3.05, 3.63) is 17.6 Å². The Morgan fingerprint density at radius 2 is 2.18 bits per heavy atom. The molecule has 0 aromatic carbocycles. The number of aromatic nitrogens is 1. The second-order valence-corrected chi connectivity index (χ2v) is 7.73. The van der Waals surface area contributed by atoms with Gasteiger partial charge in [-0.15, -0.1) is 0 Å². The summed E-state index contributed by atoms with van der Waals surface area (Å²) in [4.78, 5) is 6.07. The number of pyridine rings is 1. The van der Waals surface area contributed by atoms with E-state index in [1.54, 1.807) is 0 Å². The lowest BCUT2D eigenvalue weighted by atomic mass is 10.0. The van der Waals surface area contributed by atoms with Crippen LogP contribution in [0.5, 0.6) is 0 Å². The van der Waals surface area contributed by atoms with Gasteiger partial charge in [0.05, 0.1) is 31.2 Å². The van der Waals surface area contributed by atoms with E-state index in [9.17, 15) is 12.8 Å². The van der Waals surface area contributed by atoms with Gasteiger partial charge in [-0.2, -0.15) is 4.39 Å². The van der Waals surface area contributed by atoms with Crippen molar-refractivity contribution in [1.29, 1.82) is 0 Å². The summed E-state index contributed by atoms with van der Waals surface area (Å²) in [6.07, 6.45) is 2.56. The normalized spacial score (nSPS) is 22.6. The van der Waals surface area contributed by atoms with Gasteiger partial charge in [0.1, 0.15) is 5.82 Å². The summed E-state index contributed by atoms with van der Waals surface area (Å²) in [5.41, 5.74) is 1.24. The van der Waals surface area contributed by atoms with Gasteiger partial charge in [-0.25, -0.2) is 13.4 Å². The molecule has 6 nitrogen and oxygen atoms in total. The predicted molar refractivity (Wildman–Crippen MR) is 82.3 cm³/mol. The number of hydrogen-bond acceptors (Lipinski definition) is 5. The zero-order valence-corrected chi connectivity index (χ0v) is 13.6. The van der Waals surface area contributed by atoms with E-state index in [0.29, 0.717) is 50.7 Å². The van der Waals surface area contributed by atoms with Gasteiger partial charge in [0.15, 0.2) is 0 Å². The first kappa shape index (κ1) is 15.5. The third kappa shape index (κ3) is 2.77. The van der Waals surface area contributed by atoms with Crippen molar-refractivity contribution in [2.24, 2.45) is 0 Å². The zero-order valence-electron chi connectivity index (χ0n) is 12.7. The predicted octanol–water partition coefficient (Wildman–Crippen LogP) is 1.16. The smallest absolute Gasteiger partial charge is 0.232 e. The third-order valence-electron chi connectivity index (χ3n) is 4.14. The average Bonchev–Trinajstić information content (AvgIpc) is 2.45. The van der Waals surface area contributed by atoms with Crippen LogP contribution < -0.4 is 9.21 Å². The number of halogens is 1. The number of ether oxygens (including phenoxy) is 1. The average molecular weight is 329 g/mol. The maximum Gasteiger partial charge on any atom is 0.232 e. The Morgan fingerprint density at radius 3 is 2.86 bits per heavy atom. The van der Waals surface area contributed by atoms with Crippen LogP contribution in [0.25, 0.3) is 0 Å². The molecule has 0 aliphatic carbocycles. The number of morpholine rings is 1. The van der Waals surface area contributed by atoms with Crippen molar-refractivity contribution >= 4 is 21.5 Å². The molecule has 1 saturated heterocycles. The van der Waals surface area contributed by atoms with E-state index in [4.69, 9.17) is 4.74 Å². The number of fused-ring (bicyclic) bond motifs is 1. The second kappa shape index (κ2) is 5.66. The van der Waals surface area contributed by atoms with E-state index < -0.39 is 16.0 Å². The van der Waals surface area contributed by atoms with Crippen LogP contribution in [0.4, 0.5) is 15.9 Å². The molecule has 2 aliphatic rings. The molecule has 22 heavy (non-hydrogen) atoms. The highest BCUT2D eigenvalue weighted by molar-refractivity contribution is 7.92. The van der Waals surface area contributed by atoms with Gasteiger partial charge in [0.25, 0.3) is 0 Å². The number of hydrogen-bond donors (Lipinski definition) is 0. The molecule has 0 spiro atoms. The van der Waals surface area contributed by atoms with Crippen molar-refractivity contribution in [3.63, 3.8) is 0 Å². The van der Waals surface area contributed by atoms with Crippen molar-refractivity contribution in [3.8, 4) is 0 Å². The van der Waals surface area contributed by atoms with E-state index in [-0.39, 0.29) is 6.04 Å². The number of rotatable bonds is 2. The minimum atomic E-state index is -3.42. The second-order valence-electron chi connectivity index (χ2n) is 5.82. The van der Waals surface area contributed by atoms with Crippen LogP contribution in [0, 0.1) is 5.95 Å². The molecular formula is C14H20FN3O3S. The van der Waals surface area contributed by atoms with Crippen LogP contribution in [-0.4, -0.2) is 52.0 Å². The Hall–Kier alpha value is -1.41. The summed E-state index contributed by atoms with van der Waals surface area (Å²) in [7, 11) is -3.42. The number of nitrogens with zero attached hydrogens (tertiary/aromatic N) is 3. The quantitative estimate of drug-likeness (QED) is 0.762. The van der Waals surface area contributed by atoms with E-state index in [1.807, 2.05) is 11.8 Å². The van der Waals surface area contributed by atoms with Gasteiger partial charge in [-0.1, -0.05) is 0 Å². The minimum Gasteiger partial charge on any atom is -0.377 e. The van der Waals surface area contributed by atoms with Gasteiger partial charge >= 0.3 is 0 Å². The molecule has 0 radical (unpaired) electrons. The molecule has 1 aromatic heterocycles. The number of anilines is 2. The first-order chi connectivity index (χ1) is 10.4. The standard InChI is InChI=1S/C14H20FN3O3S/c1-10-9-21-7-6-17(10)14-11-4-3-5-18(22(2,19)20)12(11)8-13(15)16-14/h8,10H,3-7,9H2,1-2H3/t10-/m1/s1. The minimum absolute atomic E-state index is 0.0840. The molecule has 1 atom stereocenters. The summed E-state index contributed by atoms with van der Waals surface area (Å²) >= 11 is 0. The molecule has 3 heterocycles. The monoisotopic (exact) mass is 329 g/mol. The first-order valence-electron chi connectivity index (χ1n) is 7.39. The maximum absolute atomic E-state index is 14.0. The largest absolute Gasteiger partial charge is 0.377 e. The van der Waals surface area contributed by atoms with Crippen molar-refractivity contribution < 1.29 is 17.5 Å². The zero-order chi connectivity index (χ0) is 15.9. The highest BCUT2D eigenvalue weighted by Gasteiger charge is 2.31. The number of sulfonamides is 1. The van der Waals surface area contributed by atoms with E-state index in [1.165, 1.54) is 10.4 Å². The summed E-state index contributed by atoms with van der Waals surface area (Å²) < 4.78 is 44.6. The van der Waals surface area contributed by atoms with Gasteiger partial charge < -0.3 is 9.64 Å². The highest BCUT2D eigenvalue weighted by atomic mass is 32.2. The Labute approximate surface area is 129 Å². The summed E-state index contributed by atoms with van der Waals surface area (Å²) in [5.74, 6) is -0.0952. The SMILES string of the molecule is C[C@@H]1COCCN1c1nc(F)cc2c1CCCN2S(C)(=O)=O. The summed E-state index contributed by atoms with van der Waals surface area (Å²) in [5, 5.41) is 0. The van der Waals surface area contributed by atoms with Crippen LogP contribution in [-0.2, 0) is 21.2 Å². The lowest BCUT2D eigenvalue weighted by molar-refractivity contribution is 0.0983. The topological polar surface area (TPSA) is 62.7 Å². The lowest BCUT2D eigenvalue weighted by Gasteiger charge is -2.38. The molecule has 0 unspecified atom stereocenters. The molecule has 1 aromatic rings. The fourth-order valence-corrected chi connectivity index (χ4v) is 4.10. The Balaban J connectivity index is 2.11. The Morgan fingerprint density at radius 1 is 1.41 bits per heavy atom. The maximum atomic E-state index is 14.0.